The number of hydrogen-bond donors (Lipinski definition) is 2. The van der Waals surface area contributed by atoms with Crippen LogP contribution in [0.25, 0.3) is 0 Å². The van der Waals surface area contributed by atoms with Gasteiger partial charge in [-0.05, 0) is 11.8 Å². The van der Waals surface area contributed by atoms with E-state index in [0.29, 0.717) is 6.42 Å². The van der Waals surface area contributed by atoms with Crippen LogP contribution in [0, 0.1) is 0 Å². The van der Waals surface area contributed by atoms with Gasteiger partial charge < -0.3 is 10.9 Å². The van der Waals surface area contributed by atoms with Crippen LogP contribution in [0.4, 0.5) is 0 Å². The number of oxime groups is 1. The Hall–Kier alpha value is -1.16. The maximum absolute atomic E-state index is 8.48. The van der Waals surface area contributed by atoms with E-state index in [1.54, 1.807) is 11.8 Å². The summed E-state index contributed by atoms with van der Waals surface area (Å²) in [6.07, 6.45) is 2.59. The molecule has 3 nitrogen and oxygen atoms in total. The average Bonchev–Trinajstić information content (AvgIpc) is 2.26. The van der Waals surface area contributed by atoms with Crippen molar-refractivity contribution >= 4 is 17.6 Å². The molecule has 0 aliphatic rings. The quantitative estimate of drug-likeness (QED) is 0.347. The number of thioether (sulfide) groups is 1. The standard InChI is InChI=1S/C10H14N2OS/c1-14-9(7-10(11)12-13)8-5-3-2-4-6-8/h2-6,9,13H,7H2,1H3,(H2,11,12). The molecule has 3 N–H and O–H groups in total. The molecule has 1 rings (SSSR count). The number of nitrogens with two attached hydrogens (primary N) is 1. The number of amidine groups is 1. The third kappa shape index (κ3) is 2.96. The molecule has 1 unspecified atom stereocenters. The Kier molecular flexibility index (Phi) is 4.32. The maximum atomic E-state index is 8.48. The second-order valence-corrected chi connectivity index (χ2v) is 3.97. The lowest BCUT2D eigenvalue weighted by Crippen LogP contribution is -2.14. The molecule has 1 atom stereocenters. The van der Waals surface area contributed by atoms with Crippen molar-refractivity contribution in [2.45, 2.75) is 11.7 Å². The summed E-state index contributed by atoms with van der Waals surface area (Å²) in [6, 6.07) is 10.1. The van der Waals surface area contributed by atoms with Gasteiger partial charge in [-0.2, -0.15) is 11.8 Å². The zero-order valence-corrected chi connectivity index (χ0v) is 8.87. The average molecular weight is 210 g/mol. The minimum Gasteiger partial charge on any atom is -0.409 e. The molecule has 76 valence electrons. The van der Waals surface area contributed by atoms with E-state index in [2.05, 4.69) is 5.16 Å². The minimum absolute atomic E-state index is 0.257. The van der Waals surface area contributed by atoms with E-state index in [1.165, 1.54) is 5.56 Å². The largest absolute Gasteiger partial charge is 0.409 e. The first kappa shape index (κ1) is 10.9. The fourth-order valence-electron chi connectivity index (χ4n) is 1.24. The lowest BCUT2D eigenvalue weighted by molar-refractivity contribution is 0.317. The molecule has 0 spiro atoms. The van der Waals surface area contributed by atoms with Crippen LogP contribution in [0.15, 0.2) is 35.5 Å². The Balaban J connectivity index is 2.73. The second-order valence-electron chi connectivity index (χ2n) is 2.93. The third-order valence-electron chi connectivity index (χ3n) is 1.98. The van der Waals surface area contributed by atoms with Gasteiger partial charge in [0.2, 0.25) is 0 Å². The topological polar surface area (TPSA) is 58.6 Å². The van der Waals surface area contributed by atoms with Crippen LogP contribution < -0.4 is 5.73 Å². The summed E-state index contributed by atoms with van der Waals surface area (Å²) in [5, 5.41) is 11.7. The van der Waals surface area contributed by atoms with Gasteiger partial charge in [0, 0.05) is 11.7 Å². The molecule has 0 aliphatic carbocycles. The van der Waals surface area contributed by atoms with E-state index in [-0.39, 0.29) is 11.1 Å². The first-order valence-electron chi connectivity index (χ1n) is 4.32. The van der Waals surface area contributed by atoms with Crippen molar-refractivity contribution in [1.29, 1.82) is 0 Å². The van der Waals surface area contributed by atoms with E-state index >= 15 is 0 Å². The highest BCUT2D eigenvalue weighted by atomic mass is 32.2. The van der Waals surface area contributed by atoms with Gasteiger partial charge in [-0.15, -0.1) is 0 Å². The zero-order valence-electron chi connectivity index (χ0n) is 8.05. The van der Waals surface area contributed by atoms with Crippen molar-refractivity contribution in [3.63, 3.8) is 0 Å². The van der Waals surface area contributed by atoms with Gasteiger partial charge in [0.1, 0.15) is 5.84 Å². The van der Waals surface area contributed by atoms with E-state index in [1.807, 2.05) is 36.6 Å². The summed E-state index contributed by atoms with van der Waals surface area (Å²) in [5.74, 6) is 0.271. The Morgan fingerprint density at radius 1 is 1.50 bits per heavy atom. The summed E-state index contributed by atoms with van der Waals surface area (Å²) >= 11 is 1.69. The fourth-order valence-corrected chi connectivity index (χ4v) is 2.00. The second kappa shape index (κ2) is 5.54. The Morgan fingerprint density at radius 2 is 2.14 bits per heavy atom. The minimum atomic E-state index is 0.257. The van der Waals surface area contributed by atoms with Crippen molar-refractivity contribution in [3.05, 3.63) is 35.9 Å². The molecular formula is C10H14N2OS. The molecule has 0 heterocycles. The Morgan fingerprint density at radius 3 is 2.64 bits per heavy atom. The molecule has 1 aromatic carbocycles. The first-order chi connectivity index (χ1) is 6.77. The fraction of sp³-hybridized carbons (Fsp3) is 0.300. The molecule has 0 saturated heterocycles. The monoisotopic (exact) mass is 210 g/mol. The number of hydrogen-bond acceptors (Lipinski definition) is 3. The summed E-state index contributed by atoms with van der Waals surface area (Å²) in [6.45, 7) is 0. The summed E-state index contributed by atoms with van der Waals surface area (Å²) in [7, 11) is 0. The molecule has 0 radical (unpaired) electrons. The van der Waals surface area contributed by atoms with Crippen molar-refractivity contribution in [1.82, 2.24) is 0 Å². The van der Waals surface area contributed by atoms with Crippen molar-refractivity contribution in [2.75, 3.05) is 6.26 Å². The number of rotatable bonds is 4. The van der Waals surface area contributed by atoms with Gasteiger partial charge in [0.25, 0.3) is 0 Å². The van der Waals surface area contributed by atoms with E-state index in [0.717, 1.165) is 0 Å². The summed E-state index contributed by atoms with van der Waals surface area (Å²) in [5.41, 5.74) is 6.67. The molecule has 4 heteroatoms. The van der Waals surface area contributed by atoms with Gasteiger partial charge in [-0.25, -0.2) is 0 Å². The summed E-state index contributed by atoms with van der Waals surface area (Å²) < 4.78 is 0. The highest BCUT2D eigenvalue weighted by Gasteiger charge is 2.11. The van der Waals surface area contributed by atoms with Crippen molar-refractivity contribution in [3.8, 4) is 0 Å². The molecule has 0 saturated carbocycles. The molecule has 14 heavy (non-hydrogen) atoms. The lowest BCUT2D eigenvalue weighted by Gasteiger charge is -2.13. The third-order valence-corrected chi connectivity index (χ3v) is 2.99. The summed E-state index contributed by atoms with van der Waals surface area (Å²) in [4.78, 5) is 0. The van der Waals surface area contributed by atoms with Crippen molar-refractivity contribution < 1.29 is 5.21 Å². The lowest BCUT2D eigenvalue weighted by atomic mass is 10.1. The zero-order chi connectivity index (χ0) is 10.4. The van der Waals surface area contributed by atoms with Gasteiger partial charge in [-0.3, -0.25) is 0 Å². The van der Waals surface area contributed by atoms with E-state index < -0.39 is 0 Å². The number of nitrogens with zero attached hydrogens (tertiary/aromatic N) is 1. The van der Waals surface area contributed by atoms with Crippen LogP contribution in [-0.2, 0) is 0 Å². The number of benzene rings is 1. The van der Waals surface area contributed by atoms with Gasteiger partial charge >= 0.3 is 0 Å². The van der Waals surface area contributed by atoms with Gasteiger partial charge in [0.15, 0.2) is 0 Å². The normalized spacial score (nSPS) is 13.9. The van der Waals surface area contributed by atoms with Crippen LogP contribution in [0.2, 0.25) is 0 Å². The molecule has 0 aliphatic heterocycles. The highest BCUT2D eigenvalue weighted by Crippen LogP contribution is 2.29. The molecule has 0 aromatic heterocycles. The molecule has 0 fully saturated rings. The van der Waals surface area contributed by atoms with E-state index in [4.69, 9.17) is 10.9 Å². The van der Waals surface area contributed by atoms with Crippen LogP contribution in [0.3, 0.4) is 0 Å². The smallest absolute Gasteiger partial charge is 0.140 e. The molecule has 1 aromatic rings. The first-order valence-corrected chi connectivity index (χ1v) is 5.61. The molecule has 0 amide bonds. The van der Waals surface area contributed by atoms with Gasteiger partial charge in [0.05, 0.1) is 0 Å². The molecular weight excluding hydrogens is 196 g/mol. The molecule has 0 bridgehead atoms. The Bertz CT molecular complexity index is 300. The van der Waals surface area contributed by atoms with Crippen LogP contribution in [-0.4, -0.2) is 17.3 Å². The predicted octanol–water partition coefficient (Wildman–Crippen LogP) is 2.23. The highest BCUT2D eigenvalue weighted by molar-refractivity contribution is 7.98. The van der Waals surface area contributed by atoms with Crippen LogP contribution in [0.1, 0.15) is 17.2 Å². The van der Waals surface area contributed by atoms with Crippen molar-refractivity contribution in [2.24, 2.45) is 10.9 Å². The van der Waals surface area contributed by atoms with Gasteiger partial charge in [-0.1, -0.05) is 35.5 Å². The maximum Gasteiger partial charge on any atom is 0.140 e. The van der Waals surface area contributed by atoms with Crippen LogP contribution in [0.5, 0.6) is 0 Å². The predicted molar refractivity (Wildman–Crippen MR) is 60.7 cm³/mol. The van der Waals surface area contributed by atoms with E-state index in [9.17, 15) is 0 Å². The van der Waals surface area contributed by atoms with Crippen LogP contribution >= 0.6 is 11.8 Å². The Labute approximate surface area is 88.0 Å². The SMILES string of the molecule is CSC(CC(N)=NO)c1ccccc1.